The molecule has 1 aromatic carbocycles. The highest BCUT2D eigenvalue weighted by molar-refractivity contribution is 6.06. The SMILES string of the molecule is [CH2]CCCn1c(CNCC)nc2c(N)nc3ccccc3c21. The average molecular weight is 296 g/mol. The fourth-order valence-corrected chi connectivity index (χ4v) is 2.79. The van der Waals surface area contributed by atoms with E-state index in [1.54, 1.807) is 0 Å². The smallest absolute Gasteiger partial charge is 0.152 e. The van der Waals surface area contributed by atoms with Crippen LogP contribution in [-0.2, 0) is 13.1 Å². The summed E-state index contributed by atoms with van der Waals surface area (Å²) in [5.74, 6) is 1.51. The lowest BCUT2D eigenvalue weighted by Gasteiger charge is -2.10. The number of hydrogen-bond acceptors (Lipinski definition) is 4. The molecule has 22 heavy (non-hydrogen) atoms. The van der Waals surface area contributed by atoms with Gasteiger partial charge in [0.2, 0.25) is 0 Å². The van der Waals surface area contributed by atoms with Gasteiger partial charge in [0.05, 0.1) is 17.6 Å². The van der Waals surface area contributed by atoms with Gasteiger partial charge < -0.3 is 15.6 Å². The van der Waals surface area contributed by atoms with Crippen molar-refractivity contribution in [3.63, 3.8) is 0 Å². The second-order valence-electron chi connectivity index (χ2n) is 5.38. The molecule has 0 bridgehead atoms. The number of nitrogens with zero attached hydrogens (tertiary/aromatic N) is 3. The topological polar surface area (TPSA) is 68.8 Å². The second-order valence-corrected chi connectivity index (χ2v) is 5.38. The minimum atomic E-state index is 0.500. The quantitative estimate of drug-likeness (QED) is 0.734. The van der Waals surface area contributed by atoms with Crippen molar-refractivity contribution in [1.29, 1.82) is 0 Å². The van der Waals surface area contributed by atoms with E-state index in [2.05, 4.69) is 34.8 Å². The first kappa shape index (κ1) is 14.8. The van der Waals surface area contributed by atoms with Crippen molar-refractivity contribution in [1.82, 2.24) is 19.9 Å². The molecule has 115 valence electrons. The molecule has 1 radical (unpaired) electrons. The monoisotopic (exact) mass is 296 g/mol. The molecule has 3 rings (SSSR count). The maximum absolute atomic E-state index is 6.14. The molecule has 3 N–H and O–H groups in total. The Morgan fingerprint density at radius 1 is 1.27 bits per heavy atom. The Morgan fingerprint density at radius 2 is 2.09 bits per heavy atom. The van der Waals surface area contributed by atoms with Crippen molar-refractivity contribution >= 4 is 27.8 Å². The molecule has 0 aliphatic carbocycles. The van der Waals surface area contributed by atoms with Crippen molar-refractivity contribution in [3.8, 4) is 0 Å². The van der Waals surface area contributed by atoms with E-state index in [4.69, 9.17) is 10.7 Å². The van der Waals surface area contributed by atoms with E-state index in [0.29, 0.717) is 5.82 Å². The molecule has 5 nitrogen and oxygen atoms in total. The molecule has 0 saturated carbocycles. The van der Waals surface area contributed by atoms with Crippen molar-refractivity contribution in [2.24, 2.45) is 0 Å². The summed E-state index contributed by atoms with van der Waals surface area (Å²) < 4.78 is 2.27. The number of aromatic nitrogens is 3. The highest BCUT2D eigenvalue weighted by Gasteiger charge is 2.16. The summed E-state index contributed by atoms with van der Waals surface area (Å²) in [5, 5.41) is 4.45. The van der Waals surface area contributed by atoms with Crippen molar-refractivity contribution in [2.45, 2.75) is 32.9 Å². The van der Waals surface area contributed by atoms with Crippen LogP contribution in [0.2, 0.25) is 0 Å². The Labute approximate surface area is 130 Å². The molecule has 0 aliphatic heterocycles. The van der Waals surface area contributed by atoms with Gasteiger partial charge in [0.1, 0.15) is 11.3 Å². The van der Waals surface area contributed by atoms with Gasteiger partial charge in [-0.1, -0.05) is 38.5 Å². The van der Waals surface area contributed by atoms with Crippen LogP contribution in [0.15, 0.2) is 24.3 Å². The van der Waals surface area contributed by atoms with E-state index < -0.39 is 0 Å². The van der Waals surface area contributed by atoms with Gasteiger partial charge >= 0.3 is 0 Å². The molecule has 0 atom stereocenters. The zero-order chi connectivity index (χ0) is 15.5. The minimum absolute atomic E-state index is 0.500. The maximum atomic E-state index is 6.14. The molecule has 5 heteroatoms. The molecule has 3 aromatic rings. The van der Waals surface area contributed by atoms with Crippen LogP contribution in [0.25, 0.3) is 21.9 Å². The number of unbranched alkanes of at least 4 members (excludes halogenated alkanes) is 1. The molecule has 0 unspecified atom stereocenters. The van der Waals surface area contributed by atoms with Gasteiger partial charge in [0, 0.05) is 11.9 Å². The van der Waals surface area contributed by atoms with Gasteiger partial charge in [-0.15, -0.1) is 0 Å². The zero-order valence-electron chi connectivity index (χ0n) is 13.0. The third kappa shape index (κ3) is 2.52. The summed E-state index contributed by atoms with van der Waals surface area (Å²) in [4.78, 5) is 9.23. The molecule has 0 fully saturated rings. The lowest BCUT2D eigenvalue weighted by molar-refractivity contribution is 0.597. The summed E-state index contributed by atoms with van der Waals surface area (Å²) in [5.41, 5.74) is 8.95. The molecular weight excluding hydrogens is 274 g/mol. The lowest BCUT2D eigenvalue weighted by Crippen LogP contribution is -2.16. The molecular formula is C17H22N5. The van der Waals surface area contributed by atoms with Gasteiger partial charge in [-0.3, -0.25) is 0 Å². The number of para-hydroxylation sites is 1. The Bertz CT molecular complexity index is 790. The van der Waals surface area contributed by atoms with E-state index in [-0.39, 0.29) is 0 Å². The Balaban J connectivity index is 2.27. The van der Waals surface area contributed by atoms with Gasteiger partial charge in [-0.2, -0.15) is 0 Å². The fourth-order valence-electron chi connectivity index (χ4n) is 2.79. The molecule has 2 aromatic heterocycles. The van der Waals surface area contributed by atoms with Crippen LogP contribution >= 0.6 is 0 Å². The predicted molar refractivity (Wildman–Crippen MR) is 91.4 cm³/mol. The van der Waals surface area contributed by atoms with Crippen molar-refractivity contribution < 1.29 is 0 Å². The van der Waals surface area contributed by atoms with E-state index in [9.17, 15) is 0 Å². The second kappa shape index (κ2) is 6.32. The Hall–Kier alpha value is -2.14. The highest BCUT2D eigenvalue weighted by Crippen LogP contribution is 2.29. The normalized spacial score (nSPS) is 11.5. The van der Waals surface area contributed by atoms with Crippen molar-refractivity contribution in [2.75, 3.05) is 12.3 Å². The third-order valence-corrected chi connectivity index (χ3v) is 3.85. The molecule has 2 heterocycles. The van der Waals surface area contributed by atoms with Crippen LogP contribution in [0.5, 0.6) is 0 Å². The average Bonchev–Trinajstić information content (AvgIpc) is 2.90. The summed E-state index contributed by atoms with van der Waals surface area (Å²) in [7, 11) is 0. The third-order valence-electron chi connectivity index (χ3n) is 3.85. The number of nitrogens with two attached hydrogens (primary N) is 1. The number of fused-ring (bicyclic) bond motifs is 3. The number of rotatable bonds is 6. The highest BCUT2D eigenvalue weighted by atomic mass is 15.1. The number of nitrogens with one attached hydrogen (secondary N) is 1. The summed E-state index contributed by atoms with van der Waals surface area (Å²) >= 11 is 0. The number of nitrogen functional groups attached to an aromatic ring is 1. The standard InChI is InChI=1S/C17H22N5/c1-3-5-10-22-14(11-19-4-2)21-15-16(22)12-8-6-7-9-13(12)20-17(15)18/h6-9,19H,1,3-5,10-11H2,2H3,(H2,18,20). The predicted octanol–water partition coefficient (Wildman–Crippen LogP) is 2.89. The number of aryl methyl sites for hydroxylation is 1. The van der Waals surface area contributed by atoms with E-state index in [1.165, 1.54) is 0 Å². The fraction of sp³-hybridized carbons (Fsp3) is 0.353. The van der Waals surface area contributed by atoms with Crippen LogP contribution < -0.4 is 11.1 Å². The van der Waals surface area contributed by atoms with Crippen LogP contribution in [0, 0.1) is 6.92 Å². The van der Waals surface area contributed by atoms with Crippen LogP contribution in [0.1, 0.15) is 25.6 Å². The van der Waals surface area contributed by atoms with E-state index >= 15 is 0 Å². The van der Waals surface area contributed by atoms with Crippen LogP contribution in [-0.4, -0.2) is 21.1 Å². The van der Waals surface area contributed by atoms with Crippen molar-refractivity contribution in [3.05, 3.63) is 37.0 Å². The molecule has 0 spiro atoms. The zero-order valence-corrected chi connectivity index (χ0v) is 13.0. The number of imidazole rings is 1. The van der Waals surface area contributed by atoms with Crippen LogP contribution in [0.3, 0.4) is 0 Å². The number of pyridine rings is 1. The Kier molecular flexibility index (Phi) is 4.24. The lowest BCUT2D eigenvalue weighted by atomic mass is 10.2. The van der Waals surface area contributed by atoms with Gasteiger partial charge in [0.15, 0.2) is 5.82 Å². The largest absolute Gasteiger partial charge is 0.382 e. The minimum Gasteiger partial charge on any atom is -0.382 e. The first-order valence-electron chi connectivity index (χ1n) is 7.79. The molecule has 0 aliphatic rings. The number of benzene rings is 1. The van der Waals surface area contributed by atoms with Gasteiger partial charge in [-0.25, -0.2) is 9.97 Å². The van der Waals surface area contributed by atoms with Gasteiger partial charge in [0.25, 0.3) is 0 Å². The number of anilines is 1. The number of hydrogen-bond donors (Lipinski definition) is 2. The summed E-state index contributed by atoms with van der Waals surface area (Å²) in [6.07, 6.45) is 1.92. The first-order valence-corrected chi connectivity index (χ1v) is 7.79. The van der Waals surface area contributed by atoms with Crippen LogP contribution in [0.4, 0.5) is 5.82 Å². The first-order chi connectivity index (χ1) is 10.8. The summed E-state index contributed by atoms with van der Waals surface area (Å²) in [6, 6.07) is 8.09. The van der Waals surface area contributed by atoms with E-state index in [1.807, 2.05) is 18.2 Å². The summed E-state index contributed by atoms with van der Waals surface area (Å²) in [6.45, 7) is 8.58. The van der Waals surface area contributed by atoms with E-state index in [0.717, 1.165) is 60.2 Å². The van der Waals surface area contributed by atoms with Gasteiger partial charge in [-0.05, 0) is 19.0 Å². The Morgan fingerprint density at radius 3 is 2.86 bits per heavy atom. The molecule has 0 saturated heterocycles. The maximum Gasteiger partial charge on any atom is 0.152 e. The molecule has 0 amide bonds.